The van der Waals surface area contributed by atoms with E-state index in [-0.39, 0.29) is 50.0 Å². The molecule has 1 aliphatic rings. The summed E-state index contributed by atoms with van der Waals surface area (Å²) in [5.74, 6) is -0.640. The van der Waals surface area contributed by atoms with E-state index in [1.807, 2.05) is 18.2 Å². The van der Waals surface area contributed by atoms with Crippen molar-refractivity contribution in [1.29, 1.82) is 0 Å². The van der Waals surface area contributed by atoms with Gasteiger partial charge in [0, 0.05) is 44.4 Å². The van der Waals surface area contributed by atoms with Gasteiger partial charge in [-0.15, -0.1) is 5.10 Å². The Labute approximate surface area is 358 Å². The molecule has 0 atom stereocenters. The van der Waals surface area contributed by atoms with E-state index in [2.05, 4.69) is 54.9 Å². The highest BCUT2D eigenvalue weighted by atomic mass is 127. The number of rotatable bonds is 27. The van der Waals surface area contributed by atoms with Crippen molar-refractivity contribution in [3.63, 3.8) is 0 Å². The highest BCUT2D eigenvalue weighted by Crippen LogP contribution is 2.32. The Balaban J connectivity index is 1.17. The van der Waals surface area contributed by atoms with E-state index in [1.165, 1.54) is 47.6 Å². The molecule has 0 bridgehead atoms. The Morgan fingerprint density at radius 2 is 1.46 bits per heavy atom. The number of alkyl halides is 1. The lowest BCUT2D eigenvalue weighted by molar-refractivity contribution is -0.127. The van der Waals surface area contributed by atoms with Crippen molar-refractivity contribution in [3.8, 4) is 11.6 Å². The van der Waals surface area contributed by atoms with Crippen LogP contribution in [0.15, 0.2) is 49.1 Å². The quantitative estimate of drug-likeness (QED) is 0.0280. The first-order valence-corrected chi connectivity index (χ1v) is 21.8. The number of nitrogens with zero attached hydrogens (tertiary/aromatic N) is 6. The van der Waals surface area contributed by atoms with Crippen molar-refractivity contribution < 1.29 is 42.9 Å². The zero-order valence-corrected chi connectivity index (χ0v) is 35.9. The monoisotopic (exact) mass is 930 g/mol. The smallest absolute Gasteiger partial charge is 0.295 e. The number of hydrogen-bond donors (Lipinski definition) is 2. The lowest BCUT2D eigenvalue weighted by Gasteiger charge is -2.34. The molecule has 2 N–H and O–H groups in total. The third-order valence-electron chi connectivity index (χ3n) is 9.59. The van der Waals surface area contributed by atoms with Gasteiger partial charge in [0.25, 0.3) is 17.6 Å². The van der Waals surface area contributed by atoms with Crippen LogP contribution in [0.1, 0.15) is 78.4 Å². The predicted molar refractivity (Wildman–Crippen MR) is 227 cm³/mol. The van der Waals surface area contributed by atoms with Crippen molar-refractivity contribution in [3.05, 3.63) is 66.0 Å². The van der Waals surface area contributed by atoms with Gasteiger partial charge in [-0.1, -0.05) is 79.8 Å². The third-order valence-corrected chi connectivity index (χ3v) is 10.0. The number of aromatic nitrogens is 5. The molecule has 3 amide bonds. The van der Waals surface area contributed by atoms with Crippen molar-refractivity contribution in [1.82, 2.24) is 39.8 Å². The molecule has 0 saturated carbocycles. The fourth-order valence-corrected chi connectivity index (χ4v) is 6.70. The minimum Gasteiger partial charge on any atom is -0.491 e. The number of aromatic amines is 1. The molecule has 17 nitrogen and oxygen atoms in total. The minimum atomic E-state index is -0.697. The topological polar surface area (TPSA) is 192 Å². The van der Waals surface area contributed by atoms with E-state index in [0.29, 0.717) is 97.8 Å². The molecule has 5 rings (SSSR count). The summed E-state index contributed by atoms with van der Waals surface area (Å²) < 4.78 is 29.8. The number of benzene rings is 1. The summed E-state index contributed by atoms with van der Waals surface area (Å²) >= 11 is 2.13. The van der Waals surface area contributed by atoms with Gasteiger partial charge in [0.2, 0.25) is 5.91 Å². The zero-order chi connectivity index (χ0) is 41.7. The standard InChI is InChI=1S/C41H55IN8O9/c1-2-3-4-5-6-10-18-59-33-27-45-39(50-30-46-34(47-50)28-43-35(51)13-19-55-20-21-56-22-23-57-24-25-58-29-42)37-36(33)32(26-44-37)38(52)41(54)49-16-14-48(15-17-49)40(53)31-11-8-7-9-12-31/h7-9,11-12,26-27,30,44H,2-6,10,13-25,28-29H2,1H3,(H,43,51). The second-order valence-electron chi connectivity index (χ2n) is 13.8. The Bertz CT molecular complexity index is 1920. The van der Waals surface area contributed by atoms with E-state index in [0.717, 1.165) is 19.3 Å². The van der Waals surface area contributed by atoms with Crippen LogP contribution in [0.5, 0.6) is 5.75 Å². The molecular weight excluding hydrogens is 875 g/mol. The summed E-state index contributed by atoms with van der Waals surface area (Å²) in [6.45, 7) is 6.75. The molecule has 3 aromatic heterocycles. The summed E-state index contributed by atoms with van der Waals surface area (Å²) in [4.78, 5) is 68.3. The van der Waals surface area contributed by atoms with Crippen molar-refractivity contribution in [2.24, 2.45) is 0 Å². The molecule has 4 heterocycles. The number of hydrogen-bond acceptors (Lipinski definition) is 12. The number of piperazine rings is 1. The highest BCUT2D eigenvalue weighted by Gasteiger charge is 2.31. The molecule has 0 spiro atoms. The predicted octanol–water partition coefficient (Wildman–Crippen LogP) is 4.52. The Morgan fingerprint density at radius 3 is 2.17 bits per heavy atom. The maximum atomic E-state index is 13.9. The Kier molecular flexibility index (Phi) is 19.5. The number of carbonyl (C=O) groups excluding carboxylic acids is 4. The van der Waals surface area contributed by atoms with Gasteiger partial charge in [-0.2, -0.15) is 0 Å². The zero-order valence-electron chi connectivity index (χ0n) is 33.7. The van der Waals surface area contributed by atoms with Crippen LogP contribution in [0.2, 0.25) is 0 Å². The Hall–Kier alpha value is -4.50. The molecular formula is C41H55IN8O9. The van der Waals surface area contributed by atoms with E-state index >= 15 is 0 Å². The van der Waals surface area contributed by atoms with Crippen LogP contribution >= 0.6 is 22.6 Å². The van der Waals surface area contributed by atoms with Crippen LogP contribution < -0.4 is 10.1 Å². The van der Waals surface area contributed by atoms with Crippen LogP contribution in [0, 0.1) is 0 Å². The lowest BCUT2D eigenvalue weighted by Crippen LogP contribution is -2.52. The molecule has 59 heavy (non-hydrogen) atoms. The number of ether oxygens (including phenoxy) is 5. The first-order chi connectivity index (χ1) is 28.9. The maximum Gasteiger partial charge on any atom is 0.295 e. The fraction of sp³-hybridized carbons (Fsp3) is 0.537. The van der Waals surface area contributed by atoms with Crippen LogP contribution in [-0.4, -0.2) is 142 Å². The first-order valence-electron chi connectivity index (χ1n) is 20.3. The normalized spacial score (nSPS) is 12.9. The van der Waals surface area contributed by atoms with Gasteiger partial charge in [0.15, 0.2) is 11.6 Å². The molecule has 0 aliphatic carbocycles. The van der Waals surface area contributed by atoms with Crippen molar-refractivity contribution in [2.45, 2.75) is 58.4 Å². The molecule has 1 aliphatic heterocycles. The average Bonchev–Trinajstić information content (AvgIpc) is 3.94. The second-order valence-corrected chi connectivity index (χ2v) is 14.4. The van der Waals surface area contributed by atoms with Crippen molar-refractivity contribution >= 4 is 57.0 Å². The minimum absolute atomic E-state index is 0.0770. The molecule has 1 aromatic carbocycles. The number of nitrogens with one attached hydrogen (secondary N) is 2. The van der Waals surface area contributed by atoms with Crippen molar-refractivity contribution in [2.75, 3.05) is 83.6 Å². The molecule has 0 unspecified atom stereocenters. The van der Waals surface area contributed by atoms with Gasteiger partial charge in [-0.05, 0) is 18.6 Å². The van der Waals surface area contributed by atoms with Gasteiger partial charge in [-0.25, -0.2) is 14.6 Å². The molecule has 4 aromatic rings. The van der Waals surface area contributed by atoms with E-state index < -0.39 is 11.7 Å². The van der Waals surface area contributed by atoms with E-state index in [1.54, 1.807) is 17.0 Å². The highest BCUT2D eigenvalue weighted by molar-refractivity contribution is 14.1. The molecule has 320 valence electrons. The van der Waals surface area contributed by atoms with E-state index in [9.17, 15) is 19.2 Å². The summed E-state index contributed by atoms with van der Waals surface area (Å²) in [6.07, 6.45) is 11.1. The van der Waals surface area contributed by atoms with Crippen LogP contribution in [0.3, 0.4) is 0 Å². The average molecular weight is 931 g/mol. The number of amides is 3. The van der Waals surface area contributed by atoms with Gasteiger partial charge in [0.05, 0.1) is 86.7 Å². The lowest BCUT2D eigenvalue weighted by atomic mass is 10.1. The number of ketones is 1. The van der Waals surface area contributed by atoms with E-state index in [4.69, 9.17) is 23.7 Å². The second kappa shape index (κ2) is 25.2. The fourth-order valence-electron chi connectivity index (χ4n) is 6.39. The largest absolute Gasteiger partial charge is 0.491 e. The number of pyridine rings is 1. The SMILES string of the molecule is CCCCCCCCOc1cnc(-n2cnc(CNC(=O)CCOCCOCCOCCOCI)n2)c2[nH]cc(C(=O)C(=O)N3CCN(C(=O)c4ccccc4)CC3)c12. The van der Waals surface area contributed by atoms with Gasteiger partial charge < -0.3 is 43.8 Å². The molecule has 0 radical (unpaired) electrons. The van der Waals surface area contributed by atoms with Gasteiger partial charge >= 0.3 is 0 Å². The maximum absolute atomic E-state index is 13.9. The molecule has 18 heteroatoms. The van der Waals surface area contributed by atoms with Crippen LogP contribution in [-0.2, 0) is 35.1 Å². The molecule has 1 saturated heterocycles. The van der Waals surface area contributed by atoms with Gasteiger partial charge in [0.1, 0.15) is 12.1 Å². The number of H-pyrrole nitrogens is 1. The summed E-state index contributed by atoms with van der Waals surface area (Å²) in [7, 11) is 0. The first kappa shape index (κ1) is 45.6. The number of unbranched alkanes of at least 4 members (excludes halogenated alkanes) is 5. The van der Waals surface area contributed by atoms with Crippen LogP contribution in [0.25, 0.3) is 16.7 Å². The number of carbonyl (C=O) groups is 4. The summed E-state index contributed by atoms with van der Waals surface area (Å²) in [5, 5.41) is 7.74. The Morgan fingerprint density at radius 1 is 0.797 bits per heavy atom. The number of halogens is 1. The van der Waals surface area contributed by atoms with Gasteiger partial charge in [-0.3, -0.25) is 19.2 Å². The summed E-state index contributed by atoms with van der Waals surface area (Å²) in [5.41, 5.74) is 1.17. The number of fused-ring (bicyclic) bond motifs is 1. The summed E-state index contributed by atoms with van der Waals surface area (Å²) in [6, 6.07) is 8.99. The third kappa shape index (κ3) is 14.0. The molecule has 1 fully saturated rings. The van der Waals surface area contributed by atoms with Crippen LogP contribution in [0.4, 0.5) is 0 Å². The number of Topliss-reactive ketones (excluding diaryl/α,β-unsaturated/α-hetero) is 1.